The molecule has 2 rings (SSSR count). The Kier molecular flexibility index (Phi) is 5.19. The van der Waals surface area contributed by atoms with E-state index >= 15 is 0 Å². The molecule has 1 aliphatic rings. The Balaban J connectivity index is 2.48. The van der Waals surface area contributed by atoms with Crippen molar-refractivity contribution < 1.29 is 9.47 Å². The fourth-order valence-electron chi connectivity index (χ4n) is 2.48. The van der Waals surface area contributed by atoms with Gasteiger partial charge in [0, 0.05) is 32.7 Å². The van der Waals surface area contributed by atoms with Gasteiger partial charge in [-0.3, -0.25) is 0 Å². The number of nitrogen functional groups attached to an aromatic ring is 1. The van der Waals surface area contributed by atoms with Gasteiger partial charge in [0.25, 0.3) is 0 Å². The smallest absolute Gasteiger partial charge is 0.163 e. The molecule has 0 bridgehead atoms. The van der Waals surface area contributed by atoms with E-state index in [9.17, 15) is 0 Å². The number of hydrogen-bond donors (Lipinski definition) is 1. The second-order valence-electron chi connectivity index (χ2n) is 5.33. The van der Waals surface area contributed by atoms with Crippen LogP contribution in [0.25, 0.3) is 0 Å². The fraction of sp³-hybridized carbons (Fsp3) is 0.714. The summed E-state index contributed by atoms with van der Waals surface area (Å²) in [5.74, 6) is 1.57. The number of halogens is 1. The summed E-state index contributed by atoms with van der Waals surface area (Å²) in [7, 11) is 0. The molecule has 1 saturated heterocycles. The molecule has 6 heteroatoms. The van der Waals surface area contributed by atoms with Crippen LogP contribution in [-0.2, 0) is 15.1 Å². The maximum atomic E-state index is 6.08. The van der Waals surface area contributed by atoms with Gasteiger partial charge in [-0.05, 0) is 35.4 Å². The molecule has 0 radical (unpaired) electrons. The maximum absolute atomic E-state index is 6.08. The summed E-state index contributed by atoms with van der Waals surface area (Å²) < 4.78 is 12.4. The predicted molar refractivity (Wildman–Crippen MR) is 86.6 cm³/mol. The van der Waals surface area contributed by atoms with Gasteiger partial charge >= 0.3 is 0 Å². The van der Waals surface area contributed by atoms with Gasteiger partial charge in [0.2, 0.25) is 0 Å². The van der Waals surface area contributed by atoms with Crippen LogP contribution >= 0.6 is 22.6 Å². The zero-order valence-electron chi connectivity index (χ0n) is 12.3. The first-order chi connectivity index (χ1) is 9.50. The molecule has 0 aliphatic carbocycles. The third kappa shape index (κ3) is 3.07. The van der Waals surface area contributed by atoms with Gasteiger partial charge in [0.15, 0.2) is 5.82 Å². The SMILES string of the molecule is CCOC1(c2nc(N)c(I)c(C(C)C)n2)CCOCC1. The lowest BCUT2D eigenvalue weighted by atomic mass is 9.92. The van der Waals surface area contributed by atoms with Crippen LogP contribution in [0.15, 0.2) is 0 Å². The standard InChI is InChI=1S/C14H22IN3O2/c1-4-20-14(5-7-19-8-6-14)13-17-11(9(2)3)10(15)12(16)18-13/h9H,4-8H2,1-3H3,(H2,16,17,18). The molecule has 20 heavy (non-hydrogen) atoms. The van der Waals surface area contributed by atoms with Gasteiger partial charge in [-0.25, -0.2) is 9.97 Å². The number of hydrogen-bond acceptors (Lipinski definition) is 5. The summed E-state index contributed by atoms with van der Waals surface area (Å²) in [6.45, 7) is 8.21. The molecular formula is C14H22IN3O2. The van der Waals surface area contributed by atoms with Crippen molar-refractivity contribution in [1.29, 1.82) is 0 Å². The molecule has 0 unspecified atom stereocenters. The zero-order chi connectivity index (χ0) is 14.8. The zero-order valence-corrected chi connectivity index (χ0v) is 14.4. The van der Waals surface area contributed by atoms with Gasteiger partial charge in [0.1, 0.15) is 11.4 Å². The van der Waals surface area contributed by atoms with E-state index in [4.69, 9.17) is 20.2 Å². The minimum Gasteiger partial charge on any atom is -0.383 e. The lowest BCUT2D eigenvalue weighted by molar-refractivity contribution is -0.117. The fourth-order valence-corrected chi connectivity index (χ4v) is 3.34. The van der Waals surface area contributed by atoms with Crippen LogP contribution in [0.3, 0.4) is 0 Å². The second-order valence-corrected chi connectivity index (χ2v) is 6.40. The normalized spacial score (nSPS) is 18.4. The number of rotatable bonds is 4. The number of nitrogens with two attached hydrogens (primary N) is 1. The van der Waals surface area contributed by atoms with E-state index in [1.807, 2.05) is 6.92 Å². The van der Waals surface area contributed by atoms with E-state index in [0.29, 0.717) is 37.4 Å². The summed E-state index contributed by atoms with van der Waals surface area (Å²) in [6, 6.07) is 0. The largest absolute Gasteiger partial charge is 0.383 e. The van der Waals surface area contributed by atoms with E-state index in [1.165, 1.54) is 0 Å². The van der Waals surface area contributed by atoms with Crippen molar-refractivity contribution in [2.24, 2.45) is 0 Å². The van der Waals surface area contributed by atoms with Crippen LogP contribution in [0.5, 0.6) is 0 Å². The lowest BCUT2D eigenvalue weighted by Gasteiger charge is -2.35. The Bertz CT molecular complexity index is 468. The molecule has 1 fully saturated rings. The van der Waals surface area contributed by atoms with Crippen LogP contribution < -0.4 is 5.73 Å². The molecule has 1 aromatic rings. The number of nitrogens with zero attached hydrogens (tertiary/aromatic N) is 2. The summed E-state index contributed by atoms with van der Waals surface area (Å²) >= 11 is 2.22. The van der Waals surface area contributed by atoms with Gasteiger partial charge in [-0.15, -0.1) is 0 Å². The quantitative estimate of drug-likeness (QED) is 0.800. The summed E-state index contributed by atoms with van der Waals surface area (Å²) in [4.78, 5) is 9.28. The first kappa shape index (κ1) is 15.9. The van der Waals surface area contributed by atoms with Crippen molar-refractivity contribution in [3.63, 3.8) is 0 Å². The monoisotopic (exact) mass is 391 g/mol. The Morgan fingerprint density at radius 1 is 1.35 bits per heavy atom. The summed E-state index contributed by atoms with van der Waals surface area (Å²) in [6.07, 6.45) is 1.55. The van der Waals surface area contributed by atoms with Crippen LogP contribution in [-0.4, -0.2) is 29.8 Å². The lowest BCUT2D eigenvalue weighted by Crippen LogP contribution is -2.39. The van der Waals surface area contributed by atoms with E-state index < -0.39 is 5.60 Å². The average molecular weight is 391 g/mol. The van der Waals surface area contributed by atoms with Gasteiger partial charge in [0.05, 0.1) is 9.26 Å². The highest BCUT2D eigenvalue weighted by Gasteiger charge is 2.39. The van der Waals surface area contributed by atoms with Crippen LogP contribution in [0, 0.1) is 3.57 Å². The molecule has 0 saturated carbocycles. The molecule has 0 atom stereocenters. The molecule has 0 spiro atoms. The molecule has 2 heterocycles. The third-order valence-electron chi connectivity index (χ3n) is 3.58. The predicted octanol–water partition coefficient (Wildman–Crippen LogP) is 2.83. The van der Waals surface area contributed by atoms with Crippen molar-refractivity contribution in [3.05, 3.63) is 15.1 Å². The van der Waals surface area contributed by atoms with Crippen molar-refractivity contribution >= 4 is 28.4 Å². The Morgan fingerprint density at radius 2 is 2.00 bits per heavy atom. The van der Waals surface area contributed by atoms with Crippen LogP contribution in [0.2, 0.25) is 0 Å². The maximum Gasteiger partial charge on any atom is 0.163 e. The van der Waals surface area contributed by atoms with Crippen LogP contribution in [0.4, 0.5) is 5.82 Å². The molecule has 0 amide bonds. The van der Waals surface area contributed by atoms with E-state index in [0.717, 1.165) is 22.1 Å². The Morgan fingerprint density at radius 3 is 2.55 bits per heavy atom. The van der Waals surface area contributed by atoms with E-state index in [2.05, 4.69) is 41.4 Å². The van der Waals surface area contributed by atoms with Gasteiger partial charge < -0.3 is 15.2 Å². The molecule has 0 aromatic carbocycles. The van der Waals surface area contributed by atoms with Crippen LogP contribution in [0.1, 0.15) is 51.0 Å². The first-order valence-corrected chi connectivity index (χ1v) is 8.13. The van der Waals surface area contributed by atoms with E-state index in [-0.39, 0.29) is 0 Å². The van der Waals surface area contributed by atoms with Gasteiger partial charge in [-0.2, -0.15) is 0 Å². The first-order valence-electron chi connectivity index (χ1n) is 7.05. The topological polar surface area (TPSA) is 70.3 Å². The minimum atomic E-state index is -0.449. The minimum absolute atomic E-state index is 0.310. The molecular weight excluding hydrogens is 369 g/mol. The van der Waals surface area contributed by atoms with E-state index in [1.54, 1.807) is 0 Å². The third-order valence-corrected chi connectivity index (χ3v) is 4.68. The molecule has 1 aliphatic heterocycles. The molecule has 5 nitrogen and oxygen atoms in total. The average Bonchev–Trinajstić information content (AvgIpc) is 2.42. The molecule has 2 N–H and O–H groups in total. The summed E-state index contributed by atoms with van der Waals surface area (Å²) in [5.41, 5.74) is 6.63. The summed E-state index contributed by atoms with van der Waals surface area (Å²) in [5, 5.41) is 0. The Labute approximate surface area is 133 Å². The van der Waals surface area contributed by atoms with Crippen molar-refractivity contribution in [3.8, 4) is 0 Å². The number of ether oxygens (including phenoxy) is 2. The number of aromatic nitrogens is 2. The Hall–Kier alpha value is -0.470. The number of anilines is 1. The molecule has 112 valence electrons. The molecule has 1 aromatic heterocycles. The van der Waals surface area contributed by atoms with Gasteiger partial charge in [-0.1, -0.05) is 13.8 Å². The second kappa shape index (κ2) is 6.53. The van der Waals surface area contributed by atoms with Crippen molar-refractivity contribution in [1.82, 2.24) is 9.97 Å². The highest BCUT2D eigenvalue weighted by Crippen LogP contribution is 2.36. The van der Waals surface area contributed by atoms with Crippen molar-refractivity contribution in [2.75, 3.05) is 25.6 Å². The highest BCUT2D eigenvalue weighted by molar-refractivity contribution is 14.1. The highest BCUT2D eigenvalue weighted by atomic mass is 127. The van der Waals surface area contributed by atoms with Crippen molar-refractivity contribution in [2.45, 2.75) is 45.1 Å².